The lowest BCUT2D eigenvalue weighted by Gasteiger charge is -2.34. The van der Waals surface area contributed by atoms with Crippen LogP contribution in [0.4, 0.5) is 5.69 Å². The first-order chi connectivity index (χ1) is 14.3. The van der Waals surface area contributed by atoms with Crippen molar-refractivity contribution in [1.82, 2.24) is 9.80 Å². The molecule has 158 valence electrons. The van der Waals surface area contributed by atoms with Crippen LogP contribution in [0.1, 0.15) is 27.8 Å². The summed E-state index contributed by atoms with van der Waals surface area (Å²) in [5, 5.41) is 0. The molecular formula is C20H21N3O6S. The lowest BCUT2D eigenvalue weighted by atomic mass is 10.1. The molecule has 2 aromatic rings. The van der Waals surface area contributed by atoms with E-state index in [0.717, 1.165) is 4.31 Å². The minimum Gasteiger partial charge on any atom is -0.459 e. The van der Waals surface area contributed by atoms with Gasteiger partial charge in [-0.25, -0.2) is 12.7 Å². The molecule has 1 aromatic carbocycles. The van der Waals surface area contributed by atoms with Crippen molar-refractivity contribution in [3.05, 3.63) is 54.0 Å². The van der Waals surface area contributed by atoms with Crippen LogP contribution in [0.5, 0.6) is 0 Å². The van der Waals surface area contributed by atoms with Crippen molar-refractivity contribution in [2.75, 3.05) is 36.2 Å². The second-order valence-electron chi connectivity index (χ2n) is 7.39. The third-order valence-electron chi connectivity index (χ3n) is 5.30. The van der Waals surface area contributed by atoms with E-state index in [4.69, 9.17) is 4.42 Å². The van der Waals surface area contributed by atoms with Crippen molar-refractivity contribution < 1.29 is 27.2 Å². The summed E-state index contributed by atoms with van der Waals surface area (Å²) >= 11 is 0. The van der Waals surface area contributed by atoms with Gasteiger partial charge in [-0.1, -0.05) is 6.92 Å². The number of carbonyl (C=O) groups is 3. The maximum Gasteiger partial charge on any atom is 0.289 e. The standard InChI is InChI=1S/C20H21N3O6S/c1-14-13-30(27,28)23(18(14)24)16-6-4-15(5-7-16)19(25)21-8-10-22(11-9-21)20(26)17-3-2-12-29-17/h2-7,12,14H,8-11,13H2,1H3. The Morgan fingerprint density at radius 2 is 1.57 bits per heavy atom. The molecule has 1 unspecified atom stereocenters. The summed E-state index contributed by atoms with van der Waals surface area (Å²) in [4.78, 5) is 40.6. The van der Waals surface area contributed by atoms with E-state index in [1.54, 1.807) is 28.9 Å². The van der Waals surface area contributed by atoms with Crippen LogP contribution in [0.25, 0.3) is 0 Å². The molecule has 0 bridgehead atoms. The molecule has 0 radical (unpaired) electrons. The molecule has 10 heteroatoms. The van der Waals surface area contributed by atoms with Crippen LogP contribution < -0.4 is 4.31 Å². The van der Waals surface area contributed by atoms with E-state index >= 15 is 0 Å². The second kappa shape index (κ2) is 7.60. The Labute approximate surface area is 173 Å². The Morgan fingerprint density at radius 1 is 0.967 bits per heavy atom. The second-order valence-corrected chi connectivity index (χ2v) is 9.25. The Hall–Kier alpha value is -3.14. The van der Waals surface area contributed by atoms with Crippen molar-refractivity contribution in [1.29, 1.82) is 0 Å². The van der Waals surface area contributed by atoms with Gasteiger partial charge in [0.25, 0.3) is 11.8 Å². The minimum absolute atomic E-state index is 0.206. The van der Waals surface area contributed by atoms with Gasteiger partial charge in [0.15, 0.2) is 5.76 Å². The number of rotatable bonds is 3. The number of benzene rings is 1. The van der Waals surface area contributed by atoms with E-state index in [0.29, 0.717) is 31.7 Å². The zero-order valence-electron chi connectivity index (χ0n) is 16.4. The van der Waals surface area contributed by atoms with Crippen LogP contribution in [0.15, 0.2) is 47.1 Å². The third kappa shape index (κ3) is 3.58. The molecule has 4 rings (SSSR count). The molecule has 0 N–H and O–H groups in total. The zero-order valence-corrected chi connectivity index (χ0v) is 17.2. The first-order valence-corrected chi connectivity index (χ1v) is 11.2. The number of amides is 3. The molecule has 2 aliphatic rings. The van der Waals surface area contributed by atoms with E-state index in [9.17, 15) is 22.8 Å². The Kier molecular flexibility index (Phi) is 5.10. The van der Waals surface area contributed by atoms with E-state index in [2.05, 4.69) is 0 Å². The maximum absolute atomic E-state index is 12.8. The molecule has 1 aromatic heterocycles. The van der Waals surface area contributed by atoms with Gasteiger partial charge in [-0.3, -0.25) is 14.4 Å². The quantitative estimate of drug-likeness (QED) is 0.722. The van der Waals surface area contributed by atoms with Gasteiger partial charge in [-0.2, -0.15) is 0 Å². The Bertz CT molecular complexity index is 1070. The highest BCUT2D eigenvalue weighted by molar-refractivity contribution is 7.94. The molecule has 3 heterocycles. The summed E-state index contributed by atoms with van der Waals surface area (Å²) in [5.41, 5.74) is 0.622. The maximum atomic E-state index is 12.8. The van der Waals surface area contributed by atoms with Gasteiger partial charge in [0.05, 0.1) is 23.6 Å². The van der Waals surface area contributed by atoms with Crippen molar-refractivity contribution >= 4 is 33.4 Å². The summed E-state index contributed by atoms with van der Waals surface area (Å²) in [6.45, 7) is 3.12. The van der Waals surface area contributed by atoms with Gasteiger partial charge in [-0.05, 0) is 36.4 Å². The molecule has 2 fully saturated rings. The average Bonchev–Trinajstić information content (AvgIpc) is 3.34. The summed E-state index contributed by atoms with van der Waals surface area (Å²) < 4.78 is 30.4. The van der Waals surface area contributed by atoms with Gasteiger partial charge in [0.1, 0.15) is 0 Å². The van der Waals surface area contributed by atoms with E-state index < -0.39 is 21.8 Å². The average molecular weight is 431 g/mol. The van der Waals surface area contributed by atoms with Crippen LogP contribution in [-0.2, 0) is 14.8 Å². The van der Waals surface area contributed by atoms with Crippen LogP contribution >= 0.6 is 0 Å². The number of carbonyl (C=O) groups excluding carboxylic acids is 3. The summed E-state index contributed by atoms with van der Waals surface area (Å²) in [6, 6.07) is 9.23. The van der Waals surface area contributed by atoms with Gasteiger partial charge in [0, 0.05) is 31.7 Å². The zero-order chi connectivity index (χ0) is 21.5. The van der Waals surface area contributed by atoms with Crippen molar-refractivity contribution in [3.63, 3.8) is 0 Å². The first-order valence-electron chi connectivity index (χ1n) is 9.57. The largest absolute Gasteiger partial charge is 0.459 e. The first kappa shape index (κ1) is 20.1. The van der Waals surface area contributed by atoms with Gasteiger partial charge < -0.3 is 14.2 Å². The predicted octanol–water partition coefficient (Wildman–Crippen LogP) is 1.19. The Morgan fingerprint density at radius 3 is 2.07 bits per heavy atom. The lowest BCUT2D eigenvalue weighted by molar-refractivity contribution is -0.119. The van der Waals surface area contributed by atoms with Crippen LogP contribution in [0, 0.1) is 5.92 Å². The number of furan rings is 1. The number of anilines is 1. The number of piperazine rings is 1. The van der Waals surface area contributed by atoms with Gasteiger partial charge in [-0.15, -0.1) is 0 Å². The molecule has 2 aliphatic heterocycles. The van der Waals surface area contributed by atoms with Crippen LogP contribution in [0.3, 0.4) is 0 Å². The van der Waals surface area contributed by atoms with E-state index in [1.807, 2.05) is 0 Å². The highest BCUT2D eigenvalue weighted by atomic mass is 32.2. The molecular weight excluding hydrogens is 410 g/mol. The highest BCUT2D eigenvalue weighted by Gasteiger charge is 2.42. The molecule has 30 heavy (non-hydrogen) atoms. The SMILES string of the molecule is CC1CS(=O)(=O)N(c2ccc(C(=O)N3CCN(C(=O)c4ccco4)CC3)cc2)C1=O. The van der Waals surface area contributed by atoms with E-state index in [1.165, 1.54) is 30.5 Å². The molecule has 1 atom stereocenters. The van der Waals surface area contributed by atoms with Crippen molar-refractivity contribution in [2.24, 2.45) is 5.92 Å². The van der Waals surface area contributed by atoms with Crippen molar-refractivity contribution in [3.8, 4) is 0 Å². The molecule has 0 aliphatic carbocycles. The number of sulfonamides is 1. The summed E-state index contributed by atoms with van der Waals surface area (Å²) in [6.07, 6.45) is 1.44. The molecule has 2 saturated heterocycles. The van der Waals surface area contributed by atoms with Gasteiger partial charge >= 0.3 is 0 Å². The Balaban J connectivity index is 1.41. The highest BCUT2D eigenvalue weighted by Crippen LogP contribution is 2.28. The fraction of sp³-hybridized carbons (Fsp3) is 0.350. The third-order valence-corrected chi connectivity index (χ3v) is 7.16. The summed E-state index contributed by atoms with van der Waals surface area (Å²) in [5.74, 6) is -1.42. The lowest BCUT2D eigenvalue weighted by Crippen LogP contribution is -2.50. The minimum atomic E-state index is -3.68. The summed E-state index contributed by atoms with van der Waals surface area (Å²) in [7, 11) is -3.68. The number of nitrogens with zero attached hydrogens (tertiary/aromatic N) is 3. The predicted molar refractivity (Wildman–Crippen MR) is 107 cm³/mol. The monoisotopic (exact) mass is 431 g/mol. The number of hydrogen-bond donors (Lipinski definition) is 0. The fourth-order valence-electron chi connectivity index (χ4n) is 3.68. The fourth-order valence-corrected chi connectivity index (χ4v) is 5.50. The normalized spacial score (nSPS) is 21.2. The van der Waals surface area contributed by atoms with Crippen LogP contribution in [0.2, 0.25) is 0 Å². The van der Waals surface area contributed by atoms with Gasteiger partial charge in [0.2, 0.25) is 15.9 Å². The van der Waals surface area contributed by atoms with Crippen LogP contribution in [-0.4, -0.2) is 67.9 Å². The molecule has 3 amide bonds. The molecule has 0 spiro atoms. The topological polar surface area (TPSA) is 108 Å². The van der Waals surface area contributed by atoms with Crippen molar-refractivity contribution in [2.45, 2.75) is 6.92 Å². The molecule has 9 nitrogen and oxygen atoms in total. The number of hydrogen-bond acceptors (Lipinski definition) is 6. The molecule has 0 saturated carbocycles. The smallest absolute Gasteiger partial charge is 0.289 e. The van der Waals surface area contributed by atoms with E-state index in [-0.39, 0.29) is 29.0 Å².